The van der Waals surface area contributed by atoms with Crippen molar-refractivity contribution < 1.29 is 4.79 Å². The van der Waals surface area contributed by atoms with Gasteiger partial charge in [-0.2, -0.15) is 10.2 Å². The van der Waals surface area contributed by atoms with E-state index in [1.807, 2.05) is 41.2 Å². The third kappa shape index (κ3) is 3.85. The van der Waals surface area contributed by atoms with E-state index in [1.54, 1.807) is 18.6 Å². The van der Waals surface area contributed by atoms with Gasteiger partial charge in [-0.15, -0.1) is 0 Å². The van der Waals surface area contributed by atoms with Gasteiger partial charge in [-0.25, -0.2) is 5.43 Å². The van der Waals surface area contributed by atoms with Crippen LogP contribution in [0.2, 0.25) is 0 Å². The van der Waals surface area contributed by atoms with Crippen molar-refractivity contribution >= 4 is 12.1 Å². The highest BCUT2D eigenvalue weighted by Crippen LogP contribution is 2.28. The van der Waals surface area contributed by atoms with E-state index in [0.29, 0.717) is 6.54 Å². The molecule has 26 heavy (non-hydrogen) atoms. The molecule has 1 aromatic carbocycles. The van der Waals surface area contributed by atoms with E-state index in [4.69, 9.17) is 5.10 Å². The highest BCUT2D eigenvalue weighted by molar-refractivity contribution is 5.89. The van der Waals surface area contributed by atoms with Crippen molar-refractivity contribution in [1.29, 1.82) is 0 Å². The molecular formula is C20H19N5O. The largest absolute Gasteiger partial charge is 0.273 e. The van der Waals surface area contributed by atoms with Gasteiger partial charge in [0, 0.05) is 35.6 Å². The second kappa shape index (κ2) is 7.31. The molecule has 0 radical (unpaired) electrons. The van der Waals surface area contributed by atoms with E-state index in [0.717, 1.165) is 29.7 Å². The van der Waals surface area contributed by atoms with E-state index in [9.17, 15) is 4.79 Å². The van der Waals surface area contributed by atoms with E-state index in [-0.39, 0.29) is 11.8 Å². The molecule has 1 aliphatic rings. The van der Waals surface area contributed by atoms with Crippen LogP contribution in [0.1, 0.15) is 24.0 Å². The predicted octanol–water partition coefficient (Wildman–Crippen LogP) is 2.85. The fraction of sp³-hybridized carbons (Fsp3) is 0.200. The molecule has 1 aliphatic carbocycles. The van der Waals surface area contributed by atoms with Crippen LogP contribution in [0, 0.1) is 5.92 Å². The number of carbonyl (C=O) groups excluding carboxylic acids is 1. The van der Waals surface area contributed by atoms with Gasteiger partial charge in [0.15, 0.2) is 0 Å². The van der Waals surface area contributed by atoms with Crippen LogP contribution in [-0.4, -0.2) is 26.9 Å². The molecule has 2 heterocycles. The Morgan fingerprint density at radius 3 is 2.81 bits per heavy atom. The number of aromatic nitrogens is 3. The predicted molar refractivity (Wildman–Crippen MR) is 99.5 cm³/mol. The fourth-order valence-corrected chi connectivity index (χ4v) is 2.71. The van der Waals surface area contributed by atoms with Gasteiger partial charge in [0.05, 0.1) is 12.8 Å². The number of hydrogen-bond donors (Lipinski definition) is 1. The lowest BCUT2D eigenvalue weighted by Crippen LogP contribution is -2.18. The zero-order valence-corrected chi connectivity index (χ0v) is 14.2. The molecule has 0 bridgehead atoms. The highest BCUT2D eigenvalue weighted by atomic mass is 16.2. The molecule has 0 unspecified atom stereocenters. The van der Waals surface area contributed by atoms with Crippen molar-refractivity contribution in [1.82, 2.24) is 20.2 Å². The lowest BCUT2D eigenvalue weighted by Gasteiger charge is -2.01. The standard InChI is InChI=1S/C20H19N5O/c26-20(16-8-9-16)23-22-12-18-14-25(13-15-5-2-1-3-6-15)24-19(18)17-7-4-10-21-11-17/h1-7,10-12,14,16H,8-9,13H2,(H,23,26)/b22-12+. The summed E-state index contributed by atoms with van der Waals surface area (Å²) in [6, 6.07) is 14.0. The third-order valence-corrected chi connectivity index (χ3v) is 4.24. The summed E-state index contributed by atoms with van der Waals surface area (Å²) in [7, 11) is 0. The topological polar surface area (TPSA) is 72.2 Å². The number of hydrogen-bond acceptors (Lipinski definition) is 4. The molecule has 6 nitrogen and oxygen atoms in total. The summed E-state index contributed by atoms with van der Waals surface area (Å²) >= 11 is 0. The quantitative estimate of drug-likeness (QED) is 0.551. The first-order valence-corrected chi connectivity index (χ1v) is 8.64. The van der Waals surface area contributed by atoms with Crippen molar-refractivity contribution in [3.63, 3.8) is 0 Å². The number of nitrogens with zero attached hydrogens (tertiary/aromatic N) is 4. The van der Waals surface area contributed by atoms with Gasteiger partial charge in [0.2, 0.25) is 5.91 Å². The third-order valence-electron chi connectivity index (χ3n) is 4.24. The fourth-order valence-electron chi connectivity index (χ4n) is 2.71. The summed E-state index contributed by atoms with van der Waals surface area (Å²) in [5, 5.41) is 8.80. The molecule has 1 amide bonds. The Labute approximate surface area is 151 Å². The Kier molecular flexibility index (Phi) is 4.55. The molecule has 0 atom stereocenters. The van der Waals surface area contributed by atoms with Crippen molar-refractivity contribution in [3.8, 4) is 11.3 Å². The molecule has 3 aromatic rings. The number of rotatable bonds is 6. The lowest BCUT2D eigenvalue weighted by atomic mass is 10.1. The molecule has 6 heteroatoms. The molecule has 0 saturated heterocycles. The average Bonchev–Trinajstić information content (AvgIpc) is 3.46. The van der Waals surface area contributed by atoms with Crippen molar-refractivity contribution in [3.05, 3.63) is 72.2 Å². The molecule has 0 spiro atoms. The molecule has 1 N–H and O–H groups in total. The van der Waals surface area contributed by atoms with Gasteiger partial charge in [0.25, 0.3) is 0 Å². The van der Waals surface area contributed by atoms with Gasteiger partial charge in [0.1, 0.15) is 5.69 Å². The maximum Gasteiger partial charge on any atom is 0.243 e. The maximum atomic E-state index is 11.7. The lowest BCUT2D eigenvalue weighted by molar-refractivity contribution is -0.122. The van der Waals surface area contributed by atoms with E-state index in [1.165, 1.54) is 5.56 Å². The van der Waals surface area contributed by atoms with Gasteiger partial charge >= 0.3 is 0 Å². The monoisotopic (exact) mass is 345 g/mol. The second-order valence-electron chi connectivity index (χ2n) is 6.37. The summed E-state index contributed by atoms with van der Waals surface area (Å²) in [6.07, 6.45) is 9.00. The zero-order chi connectivity index (χ0) is 17.8. The summed E-state index contributed by atoms with van der Waals surface area (Å²) in [5.74, 6) is 0.117. The van der Waals surface area contributed by atoms with E-state index >= 15 is 0 Å². The van der Waals surface area contributed by atoms with Gasteiger partial charge in [-0.05, 0) is 30.5 Å². The van der Waals surface area contributed by atoms with Crippen LogP contribution in [0.4, 0.5) is 0 Å². The number of pyridine rings is 1. The van der Waals surface area contributed by atoms with Crippen LogP contribution in [0.5, 0.6) is 0 Å². The number of nitrogens with one attached hydrogen (secondary N) is 1. The summed E-state index contributed by atoms with van der Waals surface area (Å²) in [6.45, 7) is 0.663. The second-order valence-corrected chi connectivity index (χ2v) is 6.37. The van der Waals surface area contributed by atoms with Gasteiger partial charge in [-0.3, -0.25) is 14.5 Å². The SMILES string of the molecule is O=C(N/N=C/c1cn(Cc2ccccc2)nc1-c1cccnc1)C1CC1. The first-order chi connectivity index (χ1) is 12.8. The average molecular weight is 345 g/mol. The minimum atomic E-state index is -0.0131. The van der Waals surface area contributed by atoms with Crippen LogP contribution in [0.25, 0.3) is 11.3 Å². The Bertz CT molecular complexity index is 914. The zero-order valence-electron chi connectivity index (χ0n) is 14.2. The normalized spacial score (nSPS) is 13.8. The first kappa shape index (κ1) is 16.2. The molecule has 0 aliphatic heterocycles. The molecule has 130 valence electrons. The number of hydrazone groups is 1. The molecule has 1 fully saturated rings. The van der Waals surface area contributed by atoms with Crippen molar-refractivity contribution in [2.45, 2.75) is 19.4 Å². The summed E-state index contributed by atoms with van der Waals surface area (Å²) < 4.78 is 1.88. The Morgan fingerprint density at radius 2 is 2.08 bits per heavy atom. The van der Waals surface area contributed by atoms with Crippen LogP contribution < -0.4 is 5.43 Å². The summed E-state index contributed by atoms with van der Waals surface area (Å²) in [5.41, 5.74) is 6.31. The smallest absolute Gasteiger partial charge is 0.243 e. The molecule has 1 saturated carbocycles. The van der Waals surface area contributed by atoms with Crippen LogP contribution in [0.15, 0.2) is 66.2 Å². The number of benzene rings is 1. The number of amides is 1. The maximum absolute atomic E-state index is 11.7. The van der Waals surface area contributed by atoms with Gasteiger partial charge in [-0.1, -0.05) is 30.3 Å². The molecular weight excluding hydrogens is 326 g/mol. The van der Waals surface area contributed by atoms with Crippen LogP contribution in [0.3, 0.4) is 0 Å². The van der Waals surface area contributed by atoms with Crippen LogP contribution >= 0.6 is 0 Å². The molecule has 2 aromatic heterocycles. The molecule has 4 rings (SSSR count). The Balaban J connectivity index is 1.59. The van der Waals surface area contributed by atoms with E-state index in [2.05, 4.69) is 27.6 Å². The Morgan fingerprint density at radius 1 is 1.23 bits per heavy atom. The summed E-state index contributed by atoms with van der Waals surface area (Å²) in [4.78, 5) is 15.9. The van der Waals surface area contributed by atoms with Crippen LogP contribution in [-0.2, 0) is 11.3 Å². The minimum absolute atomic E-state index is 0.0131. The van der Waals surface area contributed by atoms with Gasteiger partial charge < -0.3 is 0 Å². The highest BCUT2D eigenvalue weighted by Gasteiger charge is 2.29. The van der Waals surface area contributed by atoms with E-state index < -0.39 is 0 Å². The first-order valence-electron chi connectivity index (χ1n) is 8.64. The van der Waals surface area contributed by atoms with Crippen molar-refractivity contribution in [2.75, 3.05) is 0 Å². The van der Waals surface area contributed by atoms with Crippen molar-refractivity contribution in [2.24, 2.45) is 11.0 Å². The Hall–Kier alpha value is -3.28. The minimum Gasteiger partial charge on any atom is -0.273 e. The number of carbonyl (C=O) groups is 1.